The van der Waals surface area contributed by atoms with Crippen molar-refractivity contribution < 1.29 is 17.9 Å². The summed E-state index contributed by atoms with van der Waals surface area (Å²) in [6, 6.07) is 6.80. The van der Waals surface area contributed by atoms with Crippen molar-refractivity contribution in [3.63, 3.8) is 0 Å². The second-order valence-corrected chi connectivity index (χ2v) is 8.05. The van der Waals surface area contributed by atoms with Crippen molar-refractivity contribution in [1.82, 2.24) is 19.7 Å². The number of aromatic amines is 1. The molecule has 2 heterocycles. The Morgan fingerprint density at radius 3 is 2.70 bits per heavy atom. The van der Waals surface area contributed by atoms with E-state index in [1.165, 1.54) is 11.8 Å². The fourth-order valence-corrected chi connectivity index (χ4v) is 4.13. The Morgan fingerprint density at radius 2 is 2.07 bits per heavy atom. The van der Waals surface area contributed by atoms with Crippen molar-refractivity contribution in [3.05, 3.63) is 48.4 Å². The van der Waals surface area contributed by atoms with Gasteiger partial charge in [0.05, 0.1) is 12.8 Å². The summed E-state index contributed by atoms with van der Waals surface area (Å²) < 4.78 is 34.3. The quantitative estimate of drug-likeness (QED) is 0.577. The van der Waals surface area contributed by atoms with Crippen LogP contribution in [0.2, 0.25) is 0 Å². The minimum absolute atomic E-state index is 0.131. The van der Waals surface area contributed by atoms with Crippen LogP contribution in [0.15, 0.2) is 57.9 Å². The van der Waals surface area contributed by atoms with Crippen LogP contribution in [-0.2, 0) is 21.8 Å². The lowest BCUT2D eigenvalue weighted by Crippen LogP contribution is -2.17. The van der Waals surface area contributed by atoms with Crippen molar-refractivity contribution in [1.29, 1.82) is 0 Å². The zero-order valence-corrected chi connectivity index (χ0v) is 16.2. The van der Waals surface area contributed by atoms with E-state index < -0.39 is 16.0 Å². The third-order valence-corrected chi connectivity index (χ3v) is 5.90. The van der Waals surface area contributed by atoms with E-state index in [9.17, 15) is 13.2 Å². The largest absolute Gasteiger partial charge is 0.462 e. The molecule has 0 aliphatic heterocycles. The Labute approximate surface area is 160 Å². The molecule has 3 rings (SSSR count). The number of aromatic nitrogens is 4. The lowest BCUT2D eigenvalue weighted by atomic mass is 10.3. The summed E-state index contributed by atoms with van der Waals surface area (Å²) in [4.78, 5) is 17.0. The molecule has 0 saturated carbocycles. The van der Waals surface area contributed by atoms with E-state index >= 15 is 0 Å². The predicted molar refractivity (Wildman–Crippen MR) is 99.1 cm³/mol. The molecule has 1 aromatic carbocycles. The van der Waals surface area contributed by atoms with Crippen LogP contribution in [0.4, 0.5) is 5.69 Å². The number of nitrogens with zero attached hydrogens (tertiary/aromatic N) is 3. The van der Waals surface area contributed by atoms with Gasteiger partial charge in [0.2, 0.25) is 0 Å². The third kappa shape index (κ3) is 4.31. The normalized spacial score (nSPS) is 11.3. The number of esters is 1. The molecular weight excluding hydrogens is 390 g/mol. The maximum absolute atomic E-state index is 12.6. The van der Waals surface area contributed by atoms with Crippen LogP contribution < -0.4 is 4.72 Å². The Morgan fingerprint density at radius 1 is 1.33 bits per heavy atom. The SMILES string of the molecule is CCOC(=O)c1cn[nH]c1S(=O)(=O)Nc1ccc(Sc2nccn2C)cc1. The van der Waals surface area contributed by atoms with Gasteiger partial charge in [0.15, 0.2) is 10.2 Å². The van der Waals surface area contributed by atoms with Gasteiger partial charge in [-0.1, -0.05) is 11.8 Å². The van der Waals surface area contributed by atoms with Gasteiger partial charge in [0.1, 0.15) is 5.56 Å². The number of benzene rings is 1. The molecule has 0 spiro atoms. The number of ether oxygens (including phenoxy) is 1. The lowest BCUT2D eigenvalue weighted by molar-refractivity contribution is 0.0522. The van der Waals surface area contributed by atoms with Crippen molar-refractivity contribution in [2.24, 2.45) is 7.05 Å². The number of H-pyrrole nitrogens is 1. The van der Waals surface area contributed by atoms with Gasteiger partial charge < -0.3 is 9.30 Å². The van der Waals surface area contributed by atoms with Crippen molar-refractivity contribution in [2.45, 2.75) is 22.0 Å². The zero-order valence-electron chi connectivity index (χ0n) is 14.5. The third-order valence-electron chi connectivity index (χ3n) is 3.46. The molecule has 0 fully saturated rings. The molecular formula is C16H17N5O4S2. The molecule has 0 aliphatic carbocycles. The van der Waals surface area contributed by atoms with Gasteiger partial charge in [-0.3, -0.25) is 9.82 Å². The van der Waals surface area contributed by atoms with Crippen LogP contribution in [0.5, 0.6) is 0 Å². The van der Waals surface area contributed by atoms with Crippen LogP contribution >= 0.6 is 11.8 Å². The predicted octanol–water partition coefficient (Wildman–Crippen LogP) is 2.27. The van der Waals surface area contributed by atoms with E-state index in [1.54, 1.807) is 37.4 Å². The maximum Gasteiger partial charge on any atom is 0.342 e. The number of anilines is 1. The number of carbonyl (C=O) groups excluding carboxylic acids is 1. The lowest BCUT2D eigenvalue weighted by Gasteiger charge is -2.09. The number of aryl methyl sites for hydroxylation is 1. The summed E-state index contributed by atoms with van der Waals surface area (Å²) in [5, 5.41) is 6.46. The first kappa shape index (κ1) is 19.0. The first-order chi connectivity index (χ1) is 12.9. The van der Waals surface area contributed by atoms with Crippen molar-refractivity contribution in [2.75, 3.05) is 11.3 Å². The second-order valence-electron chi connectivity index (χ2n) is 5.39. The molecule has 2 aromatic heterocycles. The van der Waals surface area contributed by atoms with Crippen LogP contribution in [0, 0.1) is 0 Å². The van der Waals surface area contributed by atoms with E-state index in [0.29, 0.717) is 5.69 Å². The average molecular weight is 407 g/mol. The van der Waals surface area contributed by atoms with Gasteiger partial charge in [0, 0.05) is 30.0 Å². The summed E-state index contributed by atoms with van der Waals surface area (Å²) >= 11 is 1.45. The zero-order chi connectivity index (χ0) is 19.4. The number of sulfonamides is 1. The molecule has 2 N–H and O–H groups in total. The molecule has 0 bridgehead atoms. The number of hydrogen-bond donors (Lipinski definition) is 2. The number of hydrogen-bond acceptors (Lipinski definition) is 7. The number of nitrogens with one attached hydrogen (secondary N) is 2. The Bertz CT molecular complexity index is 1040. The highest BCUT2D eigenvalue weighted by molar-refractivity contribution is 7.99. The van der Waals surface area contributed by atoms with E-state index in [0.717, 1.165) is 16.2 Å². The van der Waals surface area contributed by atoms with Crippen LogP contribution in [0.3, 0.4) is 0 Å². The van der Waals surface area contributed by atoms with Crippen LogP contribution in [-0.4, -0.2) is 40.7 Å². The highest BCUT2D eigenvalue weighted by atomic mass is 32.2. The number of rotatable bonds is 7. The summed E-state index contributed by atoms with van der Waals surface area (Å²) in [6.45, 7) is 1.76. The molecule has 0 saturated heterocycles. The molecule has 0 aliphatic rings. The molecule has 11 heteroatoms. The molecule has 142 valence electrons. The Hall–Kier alpha value is -2.79. The van der Waals surface area contributed by atoms with Crippen molar-refractivity contribution >= 4 is 33.4 Å². The minimum Gasteiger partial charge on any atom is -0.462 e. The van der Waals surface area contributed by atoms with Gasteiger partial charge in [-0.15, -0.1) is 0 Å². The van der Waals surface area contributed by atoms with E-state index in [2.05, 4.69) is 19.9 Å². The number of carbonyl (C=O) groups is 1. The molecule has 9 nitrogen and oxygen atoms in total. The standard InChI is InChI=1S/C16H17N5O4S2/c1-3-25-15(22)13-10-18-19-14(13)27(23,24)20-11-4-6-12(7-5-11)26-16-17-8-9-21(16)2/h4-10,20H,3H2,1-2H3,(H,18,19). The van der Waals surface area contributed by atoms with E-state index in [-0.39, 0.29) is 17.2 Å². The van der Waals surface area contributed by atoms with E-state index in [4.69, 9.17) is 4.74 Å². The molecule has 3 aromatic rings. The summed E-state index contributed by atoms with van der Waals surface area (Å²) in [5.41, 5.74) is 0.204. The molecule has 0 amide bonds. The summed E-state index contributed by atoms with van der Waals surface area (Å²) in [5.74, 6) is -0.756. The Balaban J connectivity index is 1.76. The molecule has 0 unspecified atom stereocenters. The van der Waals surface area contributed by atoms with Gasteiger partial charge in [-0.2, -0.15) is 13.5 Å². The summed E-state index contributed by atoms with van der Waals surface area (Å²) in [7, 11) is -2.13. The van der Waals surface area contributed by atoms with Gasteiger partial charge in [-0.05, 0) is 31.2 Å². The first-order valence-electron chi connectivity index (χ1n) is 7.89. The minimum atomic E-state index is -4.03. The fourth-order valence-electron chi connectivity index (χ4n) is 2.19. The highest BCUT2D eigenvalue weighted by Gasteiger charge is 2.26. The summed E-state index contributed by atoms with van der Waals surface area (Å²) in [6.07, 6.45) is 4.67. The molecule has 0 radical (unpaired) electrons. The highest BCUT2D eigenvalue weighted by Crippen LogP contribution is 2.27. The van der Waals surface area contributed by atoms with Crippen LogP contribution in [0.25, 0.3) is 0 Å². The maximum atomic E-state index is 12.6. The molecule has 0 atom stereocenters. The average Bonchev–Trinajstić information content (AvgIpc) is 3.27. The topological polar surface area (TPSA) is 119 Å². The van der Waals surface area contributed by atoms with Gasteiger partial charge in [0.25, 0.3) is 10.0 Å². The second kappa shape index (κ2) is 7.84. The number of imidazole rings is 1. The van der Waals surface area contributed by atoms with Crippen LogP contribution in [0.1, 0.15) is 17.3 Å². The van der Waals surface area contributed by atoms with Crippen molar-refractivity contribution in [3.8, 4) is 0 Å². The van der Waals surface area contributed by atoms with Gasteiger partial charge in [-0.25, -0.2) is 9.78 Å². The smallest absolute Gasteiger partial charge is 0.342 e. The fraction of sp³-hybridized carbons (Fsp3) is 0.188. The van der Waals surface area contributed by atoms with E-state index in [1.807, 2.05) is 17.8 Å². The van der Waals surface area contributed by atoms with Gasteiger partial charge >= 0.3 is 5.97 Å². The Kier molecular flexibility index (Phi) is 5.51. The molecule has 27 heavy (non-hydrogen) atoms. The monoisotopic (exact) mass is 407 g/mol. The first-order valence-corrected chi connectivity index (χ1v) is 10.2.